The molecule has 1 aliphatic rings. The van der Waals surface area contributed by atoms with E-state index >= 15 is 0 Å². The number of benzene rings is 1. The summed E-state index contributed by atoms with van der Waals surface area (Å²) in [5.74, 6) is 6.83. The van der Waals surface area contributed by atoms with Crippen LogP contribution in [0.1, 0.15) is 24.8 Å². The van der Waals surface area contributed by atoms with Gasteiger partial charge in [0.2, 0.25) is 0 Å². The molecule has 0 radical (unpaired) electrons. The summed E-state index contributed by atoms with van der Waals surface area (Å²) in [6.45, 7) is 0. The largest absolute Gasteiger partial charge is 0.494 e. The zero-order valence-electron chi connectivity index (χ0n) is 11.2. The maximum absolute atomic E-state index is 13.7. The molecule has 1 aromatic carbocycles. The van der Waals surface area contributed by atoms with E-state index in [-0.39, 0.29) is 17.6 Å². The van der Waals surface area contributed by atoms with E-state index in [1.807, 2.05) is 17.8 Å². The van der Waals surface area contributed by atoms with Crippen molar-refractivity contribution in [3.05, 3.63) is 29.6 Å². The Morgan fingerprint density at radius 3 is 2.95 bits per heavy atom. The quantitative estimate of drug-likeness (QED) is 0.644. The van der Waals surface area contributed by atoms with Gasteiger partial charge in [-0.1, -0.05) is 12.5 Å². The Morgan fingerprint density at radius 2 is 2.37 bits per heavy atom. The predicted molar refractivity (Wildman–Crippen MR) is 77.9 cm³/mol. The minimum absolute atomic E-state index is 0.193. The van der Waals surface area contributed by atoms with Gasteiger partial charge in [0.25, 0.3) is 0 Å². The van der Waals surface area contributed by atoms with Crippen molar-refractivity contribution >= 4 is 11.8 Å². The van der Waals surface area contributed by atoms with E-state index in [0.717, 1.165) is 12.0 Å². The highest BCUT2D eigenvalue weighted by atomic mass is 32.2. The number of hydrogen-bond acceptors (Lipinski definition) is 4. The third-order valence-electron chi connectivity index (χ3n) is 3.55. The lowest BCUT2D eigenvalue weighted by atomic mass is 10.00. The molecule has 2 rings (SSSR count). The average molecular weight is 284 g/mol. The Balaban J connectivity index is 2.03. The summed E-state index contributed by atoms with van der Waals surface area (Å²) < 4.78 is 18.6. The Bertz CT molecular complexity index is 410. The van der Waals surface area contributed by atoms with Crippen molar-refractivity contribution in [2.24, 2.45) is 5.84 Å². The molecule has 1 aliphatic heterocycles. The van der Waals surface area contributed by atoms with Crippen molar-refractivity contribution in [3.63, 3.8) is 0 Å². The molecule has 106 valence electrons. The highest BCUT2D eigenvalue weighted by Gasteiger charge is 2.23. The topological polar surface area (TPSA) is 47.3 Å². The van der Waals surface area contributed by atoms with Crippen molar-refractivity contribution < 1.29 is 9.13 Å². The summed E-state index contributed by atoms with van der Waals surface area (Å²) in [4.78, 5) is 0. The lowest BCUT2D eigenvalue weighted by molar-refractivity contribution is 0.385. The van der Waals surface area contributed by atoms with Gasteiger partial charge in [-0.25, -0.2) is 4.39 Å². The van der Waals surface area contributed by atoms with Gasteiger partial charge in [0.1, 0.15) is 0 Å². The molecule has 3 N–H and O–H groups in total. The highest BCUT2D eigenvalue weighted by Crippen LogP contribution is 2.29. The molecule has 0 bridgehead atoms. The zero-order valence-corrected chi connectivity index (χ0v) is 12.0. The zero-order chi connectivity index (χ0) is 13.7. The van der Waals surface area contributed by atoms with Crippen molar-refractivity contribution in [2.45, 2.75) is 37.0 Å². The van der Waals surface area contributed by atoms with Crippen LogP contribution in [-0.2, 0) is 6.42 Å². The van der Waals surface area contributed by atoms with E-state index in [1.54, 1.807) is 6.07 Å². The first-order valence-corrected chi connectivity index (χ1v) is 7.69. The molecule has 1 aromatic rings. The van der Waals surface area contributed by atoms with Gasteiger partial charge in [-0.2, -0.15) is 11.8 Å². The molecule has 1 heterocycles. The molecular formula is C14H21FN2OS. The van der Waals surface area contributed by atoms with Crippen LogP contribution in [0.15, 0.2) is 18.2 Å². The van der Waals surface area contributed by atoms with Gasteiger partial charge in [-0.15, -0.1) is 0 Å². The Hall–Kier alpha value is -0.780. The van der Waals surface area contributed by atoms with Crippen LogP contribution in [0.25, 0.3) is 0 Å². The number of halogens is 1. The van der Waals surface area contributed by atoms with Gasteiger partial charge in [-0.05, 0) is 42.7 Å². The average Bonchev–Trinajstić information content (AvgIpc) is 2.46. The number of hydrogen-bond donors (Lipinski definition) is 2. The van der Waals surface area contributed by atoms with Gasteiger partial charge in [0.15, 0.2) is 11.6 Å². The van der Waals surface area contributed by atoms with Crippen molar-refractivity contribution in [1.29, 1.82) is 0 Å². The monoisotopic (exact) mass is 284 g/mol. The second-order valence-corrected chi connectivity index (χ2v) is 6.20. The van der Waals surface area contributed by atoms with E-state index in [0.29, 0.717) is 5.25 Å². The molecule has 2 unspecified atom stereocenters. The van der Waals surface area contributed by atoms with Crippen molar-refractivity contribution in [3.8, 4) is 5.75 Å². The fourth-order valence-corrected chi connectivity index (χ4v) is 3.89. The van der Waals surface area contributed by atoms with E-state index in [9.17, 15) is 4.39 Å². The van der Waals surface area contributed by atoms with Crippen LogP contribution < -0.4 is 16.0 Å². The van der Waals surface area contributed by atoms with Crippen LogP contribution in [0.4, 0.5) is 4.39 Å². The number of ether oxygens (including phenoxy) is 1. The molecule has 0 amide bonds. The third kappa shape index (κ3) is 3.84. The number of nitrogens with two attached hydrogens (primary N) is 1. The molecular weight excluding hydrogens is 263 g/mol. The van der Waals surface area contributed by atoms with Crippen molar-refractivity contribution in [1.82, 2.24) is 5.43 Å². The lowest BCUT2D eigenvalue weighted by Gasteiger charge is -2.29. The summed E-state index contributed by atoms with van der Waals surface area (Å²) in [6.07, 6.45) is 4.47. The van der Waals surface area contributed by atoms with E-state index in [1.165, 1.54) is 38.2 Å². The van der Waals surface area contributed by atoms with Gasteiger partial charge < -0.3 is 4.74 Å². The van der Waals surface area contributed by atoms with Crippen LogP contribution in [0.2, 0.25) is 0 Å². The number of methoxy groups -OCH3 is 1. The maximum atomic E-state index is 13.7. The summed E-state index contributed by atoms with van der Waals surface area (Å²) in [5.41, 5.74) is 3.85. The van der Waals surface area contributed by atoms with Crippen molar-refractivity contribution in [2.75, 3.05) is 12.9 Å². The smallest absolute Gasteiger partial charge is 0.165 e. The third-order valence-corrected chi connectivity index (χ3v) is 5.07. The fourth-order valence-electron chi connectivity index (χ4n) is 2.47. The molecule has 5 heteroatoms. The predicted octanol–water partition coefficient (Wildman–Crippen LogP) is 2.49. The molecule has 0 aliphatic carbocycles. The van der Waals surface area contributed by atoms with Crippen LogP contribution in [0.5, 0.6) is 5.75 Å². The Morgan fingerprint density at radius 1 is 1.53 bits per heavy atom. The molecule has 2 atom stereocenters. The van der Waals surface area contributed by atoms with Crippen LogP contribution in [0.3, 0.4) is 0 Å². The van der Waals surface area contributed by atoms with Crippen LogP contribution >= 0.6 is 11.8 Å². The second kappa shape index (κ2) is 7.12. The van der Waals surface area contributed by atoms with Gasteiger partial charge in [0.05, 0.1) is 7.11 Å². The Kier molecular flexibility index (Phi) is 5.48. The molecule has 1 saturated heterocycles. The minimum atomic E-state index is -0.313. The standard InChI is InChI=1S/C14H21FN2OS/c1-18-13-6-5-10(8-11(13)15)9-12(17-16)14-4-2-3-7-19-14/h5-6,8,12,14,17H,2-4,7,9,16H2,1H3. The second-order valence-electron chi connectivity index (χ2n) is 4.85. The van der Waals surface area contributed by atoms with Crippen LogP contribution in [-0.4, -0.2) is 24.2 Å². The van der Waals surface area contributed by atoms with Gasteiger partial charge in [-0.3, -0.25) is 11.3 Å². The molecule has 19 heavy (non-hydrogen) atoms. The van der Waals surface area contributed by atoms with Crippen LogP contribution in [0, 0.1) is 5.82 Å². The molecule has 1 fully saturated rings. The first-order valence-electron chi connectivity index (χ1n) is 6.64. The van der Waals surface area contributed by atoms with Gasteiger partial charge in [0, 0.05) is 11.3 Å². The molecule has 3 nitrogen and oxygen atoms in total. The fraction of sp³-hybridized carbons (Fsp3) is 0.571. The molecule has 0 aromatic heterocycles. The Labute approximate surface area is 118 Å². The molecule has 0 spiro atoms. The maximum Gasteiger partial charge on any atom is 0.165 e. The SMILES string of the molecule is COc1ccc(CC(NN)C2CCCCS2)cc1F. The minimum Gasteiger partial charge on any atom is -0.494 e. The summed E-state index contributed by atoms with van der Waals surface area (Å²) in [7, 11) is 1.47. The number of hydrazine groups is 1. The highest BCUT2D eigenvalue weighted by molar-refractivity contribution is 8.00. The first kappa shape index (κ1) is 14.6. The first-order chi connectivity index (χ1) is 9.24. The summed E-state index contributed by atoms with van der Waals surface area (Å²) in [6, 6.07) is 5.31. The van der Waals surface area contributed by atoms with Gasteiger partial charge >= 0.3 is 0 Å². The number of thioether (sulfide) groups is 1. The molecule has 0 saturated carbocycles. The lowest BCUT2D eigenvalue weighted by Crippen LogP contribution is -2.45. The van der Waals surface area contributed by atoms with E-state index in [2.05, 4.69) is 5.43 Å². The van der Waals surface area contributed by atoms with E-state index < -0.39 is 0 Å². The number of rotatable bonds is 5. The van der Waals surface area contributed by atoms with E-state index in [4.69, 9.17) is 10.6 Å². The number of nitrogens with one attached hydrogen (secondary N) is 1. The summed E-state index contributed by atoms with van der Waals surface area (Å²) in [5, 5.41) is 0.518. The normalized spacial score (nSPS) is 21.1. The summed E-state index contributed by atoms with van der Waals surface area (Å²) >= 11 is 1.97.